The van der Waals surface area contributed by atoms with Gasteiger partial charge in [-0.05, 0) is 44.4 Å². The fourth-order valence-corrected chi connectivity index (χ4v) is 1.69. The highest BCUT2D eigenvalue weighted by atomic mass is 16.1. The van der Waals surface area contributed by atoms with E-state index < -0.39 is 0 Å². The molecule has 0 aromatic heterocycles. The van der Waals surface area contributed by atoms with Crippen LogP contribution in [0.3, 0.4) is 0 Å². The summed E-state index contributed by atoms with van der Waals surface area (Å²) in [5, 5.41) is 6.28. The van der Waals surface area contributed by atoms with Crippen LogP contribution in [0.2, 0.25) is 0 Å². The van der Waals surface area contributed by atoms with Crippen LogP contribution < -0.4 is 10.6 Å². The molecule has 1 aromatic rings. The molecule has 0 bridgehead atoms. The normalized spacial score (nSPS) is 12.0. The van der Waals surface area contributed by atoms with Crippen molar-refractivity contribution in [3.8, 4) is 0 Å². The molecule has 0 heterocycles. The lowest BCUT2D eigenvalue weighted by atomic mass is 10.1. The van der Waals surface area contributed by atoms with E-state index >= 15 is 0 Å². The highest BCUT2D eigenvalue weighted by Crippen LogP contribution is 2.15. The first-order valence-corrected chi connectivity index (χ1v) is 6.63. The van der Waals surface area contributed by atoms with Gasteiger partial charge in [-0.3, -0.25) is 4.79 Å². The van der Waals surface area contributed by atoms with Gasteiger partial charge in [-0.15, -0.1) is 0 Å². The number of aryl methyl sites for hydroxylation is 2. The van der Waals surface area contributed by atoms with Crippen LogP contribution >= 0.6 is 0 Å². The molecular formula is C15H24N2O. The van der Waals surface area contributed by atoms with Gasteiger partial charge in [-0.1, -0.05) is 19.1 Å². The van der Waals surface area contributed by atoms with Gasteiger partial charge < -0.3 is 10.6 Å². The van der Waals surface area contributed by atoms with E-state index in [0.29, 0.717) is 13.0 Å². The van der Waals surface area contributed by atoms with E-state index in [4.69, 9.17) is 0 Å². The highest BCUT2D eigenvalue weighted by molar-refractivity contribution is 5.76. The Kier molecular flexibility index (Phi) is 5.69. The molecule has 1 amide bonds. The molecule has 2 N–H and O–H groups in total. The van der Waals surface area contributed by atoms with Gasteiger partial charge in [0, 0.05) is 24.7 Å². The molecule has 1 atom stereocenters. The summed E-state index contributed by atoms with van der Waals surface area (Å²) in [5.41, 5.74) is 3.56. The molecule has 0 aliphatic heterocycles. The second-order valence-electron chi connectivity index (χ2n) is 4.87. The van der Waals surface area contributed by atoms with E-state index in [1.54, 1.807) is 0 Å². The van der Waals surface area contributed by atoms with Crippen molar-refractivity contribution in [3.05, 3.63) is 29.3 Å². The van der Waals surface area contributed by atoms with Crippen LogP contribution in [0.4, 0.5) is 5.69 Å². The SMILES string of the molecule is CCC(C)NC(=O)CCNc1cc(C)ccc1C. The second kappa shape index (κ2) is 7.04. The van der Waals surface area contributed by atoms with Crippen molar-refractivity contribution in [3.63, 3.8) is 0 Å². The summed E-state index contributed by atoms with van der Waals surface area (Å²) in [6.45, 7) is 8.91. The maximum absolute atomic E-state index is 11.6. The average molecular weight is 248 g/mol. The average Bonchev–Trinajstić information content (AvgIpc) is 2.33. The van der Waals surface area contributed by atoms with Gasteiger partial charge in [-0.2, -0.15) is 0 Å². The number of carbonyl (C=O) groups is 1. The van der Waals surface area contributed by atoms with Crippen molar-refractivity contribution < 1.29 is 4.79 Å². The Labute approximate surface area is 110 Å². The Balaban J connectivity index is 2.37. The fourth-order valence-electron chi connectivity index (χ4n) is 1.69. The van der Waals surface area contributed by atoms with Crippen LogP contribution in [-0.4, -0.2) is 18.5 Å². The molecule has 3 heteroatoms. The summed E-state index contributed by atoms with van der Waals surface area (Å²) < 4.78 is 0. The molecule has 0 aliphatic carbocycles. The topological polar surface area (TPSA) is 41.1 Å². The molecule has 1 unspecified atom stereocenters. The minimum Gasteiger partial charge on any atom is -0.384 e. The van der Waals surface area contributed by atoms with E-state index in [9.17, 15) is 4.79 Å². The zero-order chi connectivity index (χ0) is 13.5. The van der Waals surface area contributed by atoms with Crippen LogP contribution in [0.15, 0.2) is 18.2 Å². The Hall–Kier alpha value is -1.51. The lowest BCUT2D eigenvalue weighted by molar-refractivity contribution is -0.121. The first-order valence-electron chi connectivity index (χ1n) is 6.63. The number of amides is 1. The van der Waals surface area contributed by atoms with Crippen molar-refractivity contribution >= 4 is 11.6 Å². The zero-order valence-electron chi connectivity index (χ0n) is 11.8. The number of hydrogen-bond acceptors (Lipinski definition) is 2. The molecule has 100 valence electrons. The molecule has 18 heavy (non-hydrogen) atoms. The molecule has 1 aromatic carbocycles. The number of rotatable bonds is 6. The summed E-state index contributed by atoms with van der Waals surface area (Å²) in [4.78, 5) is 11.6. The lowest BCUT2D eigenvalue weighted by Crippen LogP contribution is -2.32. The molecule has 1 rings (SSSR count). The molecule has 3 nitrogen and oxygen atoms in total. The zero-order valence-corrected chi connectivity index (χ0v) is 11.8. The smallest absolute Gasteiger partial charge is 0.221 e. The van der Waals surface area contributed by atoms with Crippen LogP contribution in [-0.2, 0) is 4.79 Å². The van der Waals surface area contributed by atoms with Gasteiger partial charge in [0.25, 0.3) is 0 Å². The Bertz CT molecular complexity index is 401. The number of anilines is 1. The van der Waals surface area contributed by atoms with E-state index in [-0.39, 0.29) is 11.9 Å². The van der Waals surface area contributed by atoms with Gasteiger partial charge in [0.15, 0.2) is 0 Å². The molecule has 0 saturated heterocycles. The van der Waals surface area contributed by atoms with Gasteiger partial charge >= 0.3 is 0 Å². The fraction of sp³-hybridized carbons (Fsp3) is 0.533. The second-order valence-corrected chi connectivity index (χ2v) is 4.87. The molecule has 0 spiro atoms. The van der Waals surface area contributed by atoms with Gasteiger partial charge in [0.05, 0.1) is 0 Å². The molecule has 0 radical (unpaired) electrons. The molecule has 0 fully saturated rings. The maximum Gasteiger partial charge on any atom is 0.221 e. The van der Waals surface area contributed by atoms with E-state index in [2.05, 4.69) is 49.6 Å². The maximum atomic E-state index is 11.6. The van der Waals surface area contributed by atoms with E-state index in [1.807, 2.05) is 6.92 Å². The summed E-state index contributed by atoms with van der Waals surface area (Å²) in [6.07, 6.45) is 1.48. The van der Waals surface area contributed by atoms with Crippen LogP contribution in [0.1, 0.15) is 37.8 Å². The van der Waals surface area contributed by atoms with Crippen molar-refractivity contribution in [1.29, 1.82) is 0 Å². The first-order chi connectivity index (χ1) is 8.52. The summed E-state index contributed by atoms with van der Waals surface area (Å²) in [7, 11) is 0. The van der Waals surface area contributed by atoms with Crippen LogP contribution in [0.25, 0.3) is 0 Å². The predicted octanol–water partition coefficient (Wildman–Crippen LogP) is 3.02. The summed E-state index contributed by atoms with van der Waals surface area (Å²) >= 11 is 0. The van der Waals surface area contributed by atoms with Crippen LogP contribution in [0.5, 0.6) is 0 Å². The molecule has 0 aliphatic rings. The van der Waals surface area contributed by atoms with Crippen molar-refractivity contribution in [2.75, 3.05) is 11.9 Å². The number of benzene rings is 1. The minimum absolute atomic E-state index is 0.113. The molecular weight excluding hydrogens is 224 g/mol. The Morgan fingerprint density at radius 1 is 1.33 bits per heavy atom. The van der Waals surface area contributed by atoms with Crippen LogP contribution in [0, 0.1) is 13.8 Å². The largest absolute Gasteiger partial charge is 0.384 e. The summed E-state index contributed by atoms with van der Waals surface area (Å²) in [5.74, 6) is 0.113. The third kappa shape index (κ3) is 4.78. The standard InChI is InChI=1S/C15H24N2O/c1-5-13(4)17-15(18)8-9-16-14-10-11(2)6-7-12(14)3/h6-7,10,13,16H,5,8-9H2,1-4H3,(H,17,18). The summed E-state index contributed by atoms with van der Waals surface area (Å²) in [6, 6.07) is 6.56. The minimum atomic E-state index is 0.113. The third-order valence-electron chi connectivity index (χ3n) is 3.08. The third-order valence-corrected chi connectivity index (χ3v) is 3.08. The number of carbonyl (C=O) groups excluding carboxylic acids is 1. The molecule has 0 saturated carbocycles. The first kappa shape index (κ1) is 14.6. The van der Waals surface area contributed by atoms with E-state index in [0.717, 1.165) is 12.1 Å². The van der Waals surface area contributed by atoms with Gasteiger partial charge in [0.1, 0.15) is 0 Å². The van der Waals surface area contributed by atoms with E-state index in [1.165, 1.54) is 11.1 Å². The highest BCUT2D eigenvalue weighted by Gasteiger charge is 2.05. The van der Waals surface area contributed by atoms with Crippen molar-refractivity contribution in [2.24, 2.45) is 0 Å². The number of hydrogen-bond donors (Lipinski definition) is 2. The quantitative estimate of drug-likeness (QED) is 0.812. The van der Waals surface area contributed by atoms with Gasteiger partial charge in [-0.25, -0.2) is 0 Å². The monoisotopic (exact) mass is 248 g/mol. The Morgan fingerprint density at radius 3 is 2.72 bits per heavy atom. The van der Waals surface area contributed by atoms with Gasteiger partial charge in [0.2, 0.25) is 5.91 Å². The number of nitrogens with one attached hydrogen (secondary N) is 2. The van der Waals surface area contributed by atoms with Crippen molar-refractivity contribution in [1.82, 2.24) is 5.32 Å². The lowest BCUT2D eigenvalue weighted by Gasteiger charge is -2.13. The Morgan fingerprint density at radius 2 is 2.06 bits per heavy atom. The predicted molar refractivity (Wildman–Crippen MR) is 76.9 cm³/mol. The van der Waals surface area contributed by atoms with Crippen molar-refractivity contribution in [2.45, 2.75) is 46.6 Å².